The van der Waals surface area contributed by atoms with Crippen LogP contribution in [0.15, 0.2) is 42.6 Å². The lowest BCUT2D eigenvalue weighted by molar-refractivity contribution is 0.102. The fraction of sp³-hybridized carbons (Fsp3) is 0.176. The van der Waals surface area contributed by atoms with Crippen molar-refractivity contribution in [1.82, 2.24) is 9.38 Å². The summed E-state index contributed by atoms with van der Waals surface area (Å²) in [6, 6.07) is 11.0. The number of carbonyl (C=O) groups is 1. The van der Waals surface area contributed by atoms with Crippen LogP contribution in [-0.4, -0.2) is 22.1 Å². The molecule has 1 aliphatic heterocycles. The van der Waals surface area contributed by atoms with Crippen LogP contribution in [0.4, 0.5) is 5.69 Å². The van der Waals surface area contributed by atoms with Crippen LogP contribution in [0, 0.1) is 0 Å². The number of benzene rings is 1. The van der Waals surface area contributed by atoms with E-state index < -0.39 is 0 Å². The highest BCUT2D eigenvalue weighted by molar-refractivity contribution is 6.04. The number of hydrogen-bond acceptors (Lipinski definition) is 4. The first-order chi connectivity index (χ1) is 11.3. The Kier molecular flexibility index (Phi) is 3.15. The third kappa shape index (κ3) is 2.28. The zero-order chi connectivity index (χ0) is 15.8. The van der Waals surface area contributed by atoms with Gasteiger partial charge in [-0.05, 0) is 30.7 Å². The number of hydrogen-bond donors (Lipinski definition) is 1. The predicted octanol–water partition coefficient (Wildman–Crippen LogP) is 2.88. The lowest BCUT2D eigenvalue weighted by Crippen LogP contribution is -2.16. The van der Waals surface area contributed by atoms with Gasteiger partial charge in [0.05, 0.1) is 5.69 Å². The topological polar surface area (TPSA) is 64.9 Å². The molecule has 0 spiro atoms. The van der Waals surface area contributed by atoms with Gasteiger partial charge in [-0.2, -0.15) is 0 Å². The van der Waals surface area contributed by atoms with Crippen LogP contribution in [0.25, 0.3) is 5.65 Å². The van der Waals surface area contributed by atoms with Crippen molar-refractivity contribution in [2.45, 2.75) is 13.3 Å². The third-order valence-corrected chi connectivity index (χ3v) is 3.78. The van der Waals surface area contributed by atoms with E-state index in [1.165, 1.54) is 0 Å². The molecule has 0 atom stereocenters. The summed E-state index contributed by atoms with van der Waals surface area (Å²) in [5, 5.41) is 2.91. The molecule has 0 saturated heterocycles. The second kappa shape index (κ2) is 5.31. The van der Waals surface area contributed by atoms with Crippen molar-refractivity contribution < 1.29 is 14.3 Å². The smallest absolute Gasteiger partial charge is 0.274 e. The Hall–Kier alpha value is -3.02. The van der Waals surface area contributed by atoms with Crippen molar-refractivity contribution in [3.8, 4) is 11.5 Å². The van der Waals surface area contributed by atoms with E-state index in [4.69, 9.17) is 9.47 Å². The van der Waals surface area contributed by atoms with Crippen LogP contribution >= 0.6 is 0 Å². The lowest BCUT2D eigenvalue weighted by Gasteiger charge is -2.07. The maximum atomic E-state index is 12.7. The average molecular weight is 309 g/mol. The Morgan fingerprint density at radius 1 is 1.26 bits per heavy atom. The molecule has 116 valence electrons. The molecule has 2 aromatic heterocycles. The number of anilines is 1. The molecule has 6 heteroatoms. The Morgan fingerprint density at radius 2 is 2.13 bits per heavy atom. The number of pyridine rings is 1. The molecule has 1 N–H and O–H groups in total. The second-order valence-corrected chi connectivity index (χ2v) is 5.21. The normalized spacial score (nSPS) is 12.6. The van der Waals surface area contributed by atoms with Crippen LogP contribution in [0.1, 0.15) is 23.1 Å². The Bertz CT molecular complexity index is 901. The van der Waals surface area contributed by atoms with E-state index in [9.17, 15) is 4.79 Å². The molecule has 0 fully saturated rings. The molecule has 0 unspecified atom stereocenters. The van der Waals surface area contributed by atoms with Gasteiger partial charge in [0.15, 0.2) is 11.5 Å². The molecule has 0 radical (unpaired) electrons. The van der Waals surface area contributed by atoms with Crippen LogP contribution in [0.2, 0.25) is 0 Å². The lowest BCUT2D eigenvalue weighted by atomic mass is 10.2. The van der Waals surface area contributed by atoms with Crippen LogP contribution in [-0.2, 0) is 6.42 Å². The van der Waals surface area contributed by atoms with Crippen LogP contribution < -0.4 is 14.8 Å². The van der Waals surface area contributed by atoms with Gasteiger partial charge >= 0.3 is 0 Å². The summed E-state index contributed by atoms with van der Waals surface area (Å²) >= 11 is 0. The summed E-state index contributed by atoms with van der Waals surface area (Å²) in [5.74, 6) is 1.13. The van der Waals surface area contributed by atoms with Gasteiger partial charge in [-0.25, -0.2) is 4.98 Å². The van der Waals surface area contributed by atoms with Crippen molar-refractivity contribution in [2.24, 2.45) is 0 Å². The van der Waals surface area contributed by atoms with E-state index in [0.717, 1.165) is 11.3 Å². The fourth-order valence-corrected chi connectivity index (χ4v) is 2.70. The highest BCUT2D eigenvalue weighted by atomic mass is 16.7. The molecule has 1 aromatic carbocycles. The van der Waals surface area contributed by atoms with E-state index in [0.29, 0.717) is 29.3 Å². The monoisotopic (exact) mass is 309 g/mol. The van der Waals surface area contributed by atoms with E-state index >= 15 is 0 Å². The van der Waals surface area contributed by atoms with Crippen molar-refractivity contribution in [2.75, 3.05) is 12.1 Å². The van der Waals surface area contributed by atoms with Crippen LogP contribution in [0.5, 0.6) is 11.5 Å². The number of rotatable bonds is 3. The number of carbonyl (C=O) groups excluding carboxylic acids is 1. The van der Waals surface area contributed by atoms with Crippen molar-refractivity contribution in [1.29, 1.82) is 0 Å². The molecule has 23 heavy (non-hydrogen) atoms. The quantitative estimate of drug-likeness (QED) is 0.808. The molecule has 1 amide bonds. The first-order valence-corrected chi connectivity index (χ1v) is 7.43. The summed E-state index contributed by atoms with van der Waals surface area (Å²) in [6.07, 6.45) is 2.53. The highest BCUT2D eigenvalue weighted by Gasteiger charge is 2.19. The first-order valence-electron chi connectivity index (χ1n) is 7.43. The van der Waals surface area contributed by atoms with E-state index in [2.05, 4.69) is 10.3 Å². The van der Waals surface area contributed by atoms with Gasteiger partial charge < -0.3 is 14.8 Å². The number of fused-ring (bicyclic) bond motifs is 2. The summed E-state index contributed by atoms with van der Waals surface area (Å²) in [7, 11) is 0. The summed E-state index contributed by atoms with van der Waals surface area (Å²) in [6.45, 7) is 2.19. The minimum atomic E-state index is -0.195. The van der Waals surface area contributed by atoms with Gasteiger partial charge in [0.25, 0.3) is 5.91 Å². The van der Waals surface area contributed by atoms with Crippen molar-refractivity contribution in [3.05, 3.63) is 54.0 Å². The van der Waals surface area contributed by atoms with Crippen molar-refractivity contribution in [3.63, 3.8) is 0 Å². The zero-order valence-electron chi connectivity index (χ0n) is 12.6. The highest BCUT2D eigenvalue weighted by Crippen LogP contribution is 2.34. The molecule has 4 rings (SSSR count). The minimum Gasteiger partial charge on any atom is -0.454 e. The van der Waals surface area contributed by atoms with E-state index in [-0.39, 0.29) is 12.7 Å². The maximum Gasteiger partial charge on any atom is 0.274 e. The molecular weight excluding hydrogens is 294 g/mol. The Morgan fingerprint density at radius 3 is 3.00 bits per heavy atom. The van der Waals surface area contributed by atoms with E-state index in [1.54, 1.807) is 22.6 Å². The van der Waals surface area contributed by atoms with Crippen molar-refractivity contribution >= 4 is 17.2 Å². The number of amides is 1. The SMILES string of the molecule is CCc1nc2ccccn2c1C(=O)Nc1ccc2c(c1)OCO2. The molecule has 6 nitrogen and oxygen atoms in total. The van der Waals surface area contributed by atoms with Gasteiger partial charge in [-0.15, -0.1) is 0 Å². The third-order valence-electron chi connectivity index (χ3n) is 3.78. The van der Waals surface area contributed by atoms with Gasteiger partial charge in [-0.1, -0.05) is 13.0 Å². The predicted molar refractivity (Wildman–Crippen MR) is 85.1 cm³/mol. The fourth-order valence-electron chi connectivity index (χ4n) is 2.70. The summed E-state index contributed by atoms with van der Waals surface area (Å²) in [5.41, 5.74) is 2.75. The number of nitrogens with zero attached hydrogens (tertiary/aromatic N) is 2. The number of ether oxygens (including phenoxy) is 2. The Balaban J connectivity index is 1.69. The van der Waals surface area contributed by atoms with Gasteiger partial charge in [-0.3, -0.25) is 9.20 Å². The second-order valence-electron chi connectivity index (χ2n) is 5.21. The summed E-state index contributed by atoms with van der Waals surface area (Å²) in [4.78, 5) is 17.2. The zero-order valence-corrected chi connectivity index (χ0v) is 12.6. The van der Waals surface area contributed by atoms with Gasteiger partial charge in [0.2, 0.25) is 6.79 Å². The minimum absolute atomic E-state index is 0.195. The number of nitrogens with one attached hydrogen (secondary N) is 1. The molecule has 3 heterocycles. The van der Waals surface area contributed by atoms with Crippen LogP contribution in [0.3, 0.4) is 0 Å². The summed E-state index contributed by atoms with van der Waals surface area (Å²) < 4.78 is 12.4. The number of aromatic nitrogens is 2. The maximum absolute atomic E-state index is 12.7. The van der Waals surface area contributed by atoms with E-state index in [1.807, 2.05) is 31.3 Å². The molecule has 3 aromatic rings. The standard InChI is InChI=1S/C17H15N3O3/c1-2-12-16(20-8-4-3-5-15(20)19-12)17(21)18-11-6-7-13-14(9-11)23-10-22-13/h3-9H,2,10H2,1H3,(H,18,21). The van der Waals surface area contributed by atoms with Gasteiger partial charge in [0.1, 0.15) is 11.3 Å². The molecule has 1 aliphatic rings. The molecule has 0 bridgehead atoms. The number of aryl methyl sites for hydroxylation is 1. The molecule has 0 saturated carbocycles. The Labute approximate surface area is 132 Å². The van der Waals surface area contributed by atoms with Gasteiger partial charge in [0, 0.05) is 18.0 Å². The molecular formula is C17H15N3O3. The first kappa shape index (κ1) is 13.6. The average Bonchev–Trinajstić information content (AvgIpc) is 3.17. The largest absolute Gasteiger partial charge is 0.454 e. The number of imidazole rings is 1. The molecule has 0 aliphatic carbocycles.